The van der Waals surface area contributed by atoms with Crippen LogP contribution in [0, 0.1) is 12.7 Å². The van der Waals surface area contributed by atoms with Gasteiger partial charge in [-0.3, -0.25) is 9.36 Å². The van der Waals surface area contributed by atoms with Crippen LogP contribution in [0.5, 0.6) is 17.2 Å². The number of nitrogens with zero attached hydrogens (tertiary/aromatic N) is 2. The number of rotatable bonds is 7. The fourth-order valence-corrected chi connectivity index (χ4v) is 6.65. The molecule has 0 bridgehead atoms. The first-order chi connectivity index (χ1) is 18.9. The van der Waals surface area contributed by atoms with E-state index in [1.165, 1.54) is 23.9 Å². The standard InChI is InChI=1S/C27H23FN2O7S2/c1-3-34-26(32)23-14(2)21-24(39-23)29-27(38-11-17-8-18(28)7-16-10-33-12-37-22(16)17)30(25(21)31)9-15-4-5-19-20(6-15)36-13-35-19/h4-8H,3,9-13H2,1-2H3. The van der Waals surface area contributed by atoms with Crippen LogP contribution in [0.2, 0.25) is 0 Å². The molecule has 0 N–H and O–H groups in total. The minimum absolute atomic E-state index is 0.0838. The lowest BCUT2D eigenvalue weighted by Crippen LogP contribution is -2.24. The van der Waals surface area contributed by atoms with Crippen LogP contribution in [0.1, 0.15) is 38.8 Å². The summed E-state index contributed by atoms with van der Waals surface area (Å²) >= 11 is 2.42. The van der Waals surface area contributed by atoms with Crippen molar-refractivity contribution in [2.24, 2.45) is 0 Å². The molecular formula is C27H23FN2O7S2. The molecule has 39 heavy (non-hydrogen) atoms. The maximum absolute atomic E-state index is 14.4. The van der Waals surface area contributed by atoms with Crippen molar-refractivity contribution in [3.05, 3.63) is 73.6 Å². The van der Waals surface area contributed by atoms with E-state index in [9.17, 15) is 14.0 Å². The van der Waals surface area contributed by atoms with Crippen molar-refractivity contribution >= 4 is 39.3 Å². The van der Waals surface area contributed by atoms with Gasteiger partial charge in [0.2, 0.25) is 6.79 Å². The van der Waals surface area contributed by atoms with E-state index in [0.717, 1.165) is 16.9 Å². The molecular weight excluding hydrogens is 547 g/mol. The second-order valence-corrected chi connectivity index (χ2v) is 10.8. The van der Waals surface area contributed by atoms with E-state index in [4.69, 9.17) is 28.7 Å². The SMILES string of the molecule is CCOC(=O)c1sc2nc(SCc3cc(F)cc4c3OCOC4)n(Cc3ccc4c(c3)OCO4)c(=O)c2c1C. The number of halogens is 1. The zero-order valence-corrected chi connectivity index (χ0v) is 22.7. The topological polar surface area (TPSA) is 98.1 Å². The maximum atomic E-state index is 14.4. The number of thiophene rings is 1. The van der Waals surface area contributed by atoms with Crippen LogP contribution in [-0.4, -0.2) is 35.7 Å². The molecule has 2 aromatic carbocycles. The third-order valence-corrected chi connectivity index (χ3v) is 8.55. The van der Waals surface area contributed by atoms with Gasteiger partial charge >= 0.3 is 5.97 Å². The number of aryl methyl sites for hydroxylation is 1. The van der Waals surface area contributed by atoms with Crippen LogP contribution < -0.4 is 19.8 Å². The van der Waals surface area contributed by atoms with Crippen molar-refractivity contribution in [3.63, 3.8) is 0 Å². The predicted octanol–water partition coefficient (Wildman–Crippen LogP) is 5.02. The lowest BCUT2D eigenvalue weighted by molar-refractivity contribution is -0.0171. The zero-order valence-electron chi connectivity index (χ0n) is 21.1. The molecule has 4 heterocycles. The minimum Gasteiger partial charge on any atom is -0.467 e. The molecule has 6 rings (SSSR count). The number of aromatic nitrogens is 2. The van der Waals surface area contributed by atoms with Crippen molar-refractivity contribution in [1.29, 1.82) is 0 Å². The summed E-state index contributed by atoms with van der Waals surface area (Å²) in [6.07, 6.45) is 0. The highest BCUT2D eigenvalue weighted by atomic mass is 32.2. The summed E-state index contributed by atoms with van der Waals surface area (Å²) < 4.78 is 43.0. The molecule has 9 nitrogen and oxygen atoms in total. The van der Waals surface area contributed by atoms with E-state index in [2.05, 4.69) is 0 Å². The van der Waals surface area contributed by atoms with Crippen molar-refractivity contribution in [2.75, 3.05) is 20.2 Å². The average Bonchev–Trinajstić information content (AvgIpc) is 3.53. The van der Waals surface area contributed by atoms with E-state index in [0.29, 0.717) is 59.9 Å². The molecule has 0 aliphatic carbocycles. The van der Waals surface area contributed by atoms with E-state index >= 15 is 0 Å². The number of hydrogen-bond donors (Lipinski definition) is 0. The summed E-state index contributed by atoms with van der Waals surface area (Å²) in [6, 6.07) is 8.31. The second-order valence-electron chi connectivity index (χ2n) is 8.88. The highest BCUT2D eigenvalue weighted by Crippen LogP contribution is 2.36. The molecule has 0 saturated heterocycles. The number of hydrogen-bond acceptors (Lipinski definition) is 10. The Balaban J connectivity index is 1.43. The number of benzene rings is 2. The summed E-state index contributed by atoms with van der Waals surface area (Å²) in [5.41, 5.74) is 2.33. The van der Waals surface area contributed by atoms with Gasteiger partial charge < -0.3 is 23.7 Å². The predicted molar refractivity (Wildman–Crippen MR) is 142 cm³/mol. The first-order valence-corrected chi connectivity index (χ1v) is 14.0. The molecule has 2 aromatic heterocycles. The van der Waals surface area contributed by atoms with Crippen molar-refractivity contribution < 1.29 is 32.9 Å². The fraction of sp³-hybridized carbons (Fsp3) is 0.296. The lowest BCUT2D eigenvalue weighted by atomic mass is 10.1. The van der Waals surface area contributed by atoms with E-state index in [-0.39, 0.29) is 38.9 Å². The second kappa shape index (κ2) is 10.5. The molecule has 12 heteroatoms. The molecule has 0 unspecified atom stereocenters. The quantitative estimate of drug-likeness (QED) is 0.172. The van der Waals surface area contributed by atoms with Crippen LogP contribution in [0.3, 0.4) is 0 Å². The normalized spacial score (nSPS) is 13.8. The van der Waals surface area contributed by atoms with Crippen LogP contribution in [0.15, 0.2) is 40.3 Å². The van der Waals surface area contributed by atoms with Gasteiger partial charge in [0.15, 0.2) is 23.4 Å². The van der Waals surface area contributed by atoms with Crippen molar-refractivity contribution in [2.45, 2.75) is 37.9 Å². The summed E-state index contributed by atoms with van der Waals surface area (Å²) in [7, 11) is 0. The Morgan fingerprint density at radius 2 is 2.03 bits per heavy atom. The van der Waals surface area contributed by atoms with Gasteiger partial charge in [-0.25, -0.2) is 14.2 Å². The third kappa shape index (κ3) is 4.83. The summed E-state index contributed by atoms with van der Waals surface area (Å²) in [5, 5.41) is 0.795. The van der Waals surface area contributed by atoms with E-state index in [1.807, 2.05) is 12.1 Å². The first-order valence-electron chi connectivity index (χ1n) is 12.2. The van der Waals surface area contributed by atoms with Crippen LogP contribution >= 0.6 is 23.1 Å². The van der Waals surface area contributed by atoms with Gasteiger partial charge in [0, 0.05) is 16.9 Å². The fourth-order valence-electron chi connectivity index (χ4n) is 4.57. The van der Waals surface area contributed by atoms with Crippen molar-refractivity contribution in [3.8, 4) is 17.2 Å². The minimum atomic E-state index is -0.486. The van der Waals surface area contributed by atoms with Gasteiger partial charge in [-0.1, -0.05) is 17.8 Å². The summed E-state index contributed by atoms with van der Waals surface area (Å²) in [6.45, 7) is 4.37. The Morgan fingerprint density at radius 1 is 1.18 bits per heavy atom. The first kappa shape index (κ1) is 25.7. The maximum Gasteiger partial charge on any atom is 0.348 e. The van der Waals surface area contributed by atoms with E-state index < -0.39 is 11.8 Å². The zero-order chi connectivity index (χ0) is 27.1. The number of esters is 1. The Kier molecular flexibility index (Phi) is 6.92. The molecule has 0 amide bonds. The third-order valence-electron chi connectivity index (χ3n) is 6.36. The van der Waals surface area contributed by atoms with Gasteiger partial charge in [0.25, 0.3) is 5.56 Å². The van der Waals surface area contributed by atoms with Gasteiger partial charge in [0.1, 0.15) is 21.3 Å². The number of ether oxygens (including phenoxy) is 5. The smallest absolute Gasteiger partial charge is 0.348 e. The Labute approximate surface area is 230 Å². The van der Waals surface area contributed by atoms with Gasteiger partial charge in [-0.05, 0) is 49.2 Å². The number of fused-ring (bicyclic) bond motifs is 3. The highest BCUT2D eigenvalue weighted by Gasteiger charge is 2.24. The van der Waals surface area contributed by atoms with Crippen LogP contribution in [0.25, 0.3) is 10.2 Å². The Bertz CT molecular complexity index is 1670. The summed E-state index contributed by atoms with van der Waals surface area (Å²) in [4.78, 5) is 32.1. The molecule has 2 aliphatic rings. The van der Waals surface area contributed by atoms with E-state index in [1.54, 1.807) is 24.5 Å². The number of carbonyl (C=O) groups excluding carboxylic acids is 1. The Hall–Kier alpha value is -3.61. The molecule has 202 valence electrons. The monoisotopic (exact) mass is 570 g/mol. The summed E-state index contributed by atoms with van der Waals surface area (Å²) in [5.74, 6) is 1.24. The molecule has 0 radical (unpaired) electrons. The largest absolute Gasteiger partial charge is 0.467 e. The van der Waals surface area contributed by atoms with Gasteiger partial charge in [-0.15, -0.1) is 11.3 Å². The lowest BCUT2D eigenvalue weighted by Gasteiger charge is -2.21. The molecule has 2 aliphatic heterocycles. The van der Waals surface area contributed by atoms with Gasteiger partial charge in [-0.2, -0.15) is 0 Å². The number of carbonyl (C=O) groups is 1. The Morgan fingerprint density at radius 3 is 2.87 bits per heavy atom. The molecule has 4 aromatic rings. The van der Waals surface area contributed by atoms with Crippen LogP contribution in [-0.2, 0) is 28.4 Å². The highest BCUT2D eigenvalue weighted by molar-refractivity contribution is 7.98. The number of thioether (sulfide) groups is 1. The molecule has 0 fully saturated rings. The molecule has 0 spiro atoms. The van der Waals surface area contributed by atoms with Gasteiger partial charge in [0.05, 0.1) is 25.1 Å². The molecule has 0 atom stereocenters. The van der Waals surface area contributed by atoms with Crippen LogP contribution in [0.4, 0.5) is 4.39 Å². The van der Waals surface area contributed by atoms with Crippen molar-refractivity contribution in [1.82, 2.24) is 9.55 Å². The average molecular weight is 571 g/mol. The molecule has 0 saturated carbocycles.